The van der Waals surface area contributed by atoms with Crippen LogP contribution in [-0.2, 0) is 6.42 Å². The zero-order chi connectivity index (χ0) is 19.6. The topological polar surface area (TPSA) is 70.6 Å². The van der Waals surface area contributed by atoms with Crippen molar-refractivity contribution in [1.82, 2.24) is 25.4 Å². The van der Waals surface area contributed by atoms with Crippen molar-refractivity contribution in [3.8, 4) is 11.4 Å². The SMILES string of the molecule is Cc1[nH]nc2ccc(-c3nncc(N4CCCC(Cc5ccccc5)C4)n3)cc12. The fourth-order valence-corrected chi connectivity index (χ4v) is 4.23. The van der Waals surface area contributed by atoms with Gasteiger partial charge in [0.15, 0.2) is 11.6 Å². The maximum Gasteiger partial charge on any atom is 0.183 e. The van der Waals surface area contributed by atoms with Gasteiger partial charge in [0, 0.05) is 29.7 Å². The fraction of sp³-hybridized carbons (Fsp3) is 0.304. The summed E-state index contributed by atoms with van der Waals surface area (Å²) in [4.78, 5) is 7.21. The average Bonchev–Trinajstić information content (AvgIpc) is 3.15. The predicted molar refractivity (Wildman–Crippen MR) is 115 cm³/mol. The van der Waals surface area contributed by atoms with Crippen molar-refractivity contribution in [1.29, 1.82) is 0 Å². The molecule has 1 saturated heterocycles. The van der Waals surface area contributed by atoms with Crippen LogP contribution in [0.25, 0.3) is 22.3 Å². The Morgan fingerprint density at radius 3 is 2.93 bits per heavy atom. The summed E-state index contributed by atoms with van der Waals surface area (Å²) in [5, 5.41) is 17.0. The molecular formula is C23H24N6. The molecule has 3 heterocycles. The van der Waals surface area contributed by atoms with Gasteiger partial charge in [-0.1, -0.05) is 30.3 Å². The van der Waals surface area contributed by atoms with Crippen LogP contribution in [0.1, 0.15) is 24.1 Å². The first-order valence-electron chi connectivity index (χ1n) is 10.2. The summed E-state index contributed by atoms with van der Waals surface area (Å²) in [6.45, 7) is 4.05. The quantitative estimate of drug-likeness (QED) is 0.571. The molecule has 1 unspecified atom stereocenters. The molecule has 0 aliphatic carbocycles. The van der Waals surface area contributed by atoms with Gasteiger partial charge in [0.05, 0.1) is 11.7 Å². The minimum atomic E-state index is 0.634. The number of H-pyrrole nitrogens is 1. The molecule has 0 amide bonds. The molecule has 1 N–H and O–H groups in total. The lowest BCUT2D eigenvalue weighted by atomic mass is 9.91. The third-order valence-corrected chi connectivity index (χ3v) is 5.76. The van der Waals surface area contributed by atoms with Gasteiger partial charge >= 0.3 is 0 Å². The maximum atomic E-state index is 4.85. The number of piperidine rings is 1. The van der Waals surface area contributed by atoms with Gasteiger partial charge in [0.2, 0.25) is 0 Å². The second-order valence-electron chi connectivity index (χ2n) is 7.86. The summed E-state index contributed by atoms with van der Waals surface area (Å²) < 4.78 is 0. The Morgan fingerprint density at radius 2 is 2.03 bits per heavy atom. The highest BCUT2D eigenvalue weighted by atomic mass is 15.2. The third kappa shape index (κ3) is 3.70. The summed E-state index contributed by atoms with van der Waals surface area (Å²) in [6.07, 6.45) is 5.33. The van der Waals surface area contributed by atoms with E-state index in [1.165, 1.54) is 18.4 Å². The molecule has 6 heteroatoms. The number of aromatic amines is 1. The van der Waals surface area contributed by atoms with Gasteiger partial charge in [-0.2, -0.15) is 10.2 Å². The molecule has 1 atom stereocenters. The van der Waals surface area contributed by atoms with Crippen molar-refractivity contribution in [3.05, 3.63) is 66.0 Å². The number of nitrogens with one attached hydrogen (secondary N) is 1. The van der Waals surface area contributed by atoms with Crippen molar-refractivity contribution in [2.75, 3.05) is 18.0 Å². The second-order valence-corrected chi connectivity index (χ2v) is 7.86. The molecule has 2 aromatic heterocycles. The van der Waals surface area contributed by atoms with Gasteiger partial charge in [-0.05, 0) is 55.9 Å². The van der Waals surface area contributed by atoms with Crippen LogP contribution >= 0.6 is 0 Å². The Hall–Kier alpha value is -3.28. The molecule has 2 aromatic carbocycles. The number of nitrogens with zero attached hydrogens (tertiary/aromatic N) is 5. The summed E-state index contributed by atoms with van der Waals surface area (Å²) in [5.74, 6) is 2.21. The lowest BCUT2D eigenvalue weighted by Gasteiger charge is -2.33. The molecule has 0 bridgehead atoms. The van der Waals surface area contributed by atoms with Crippen LogP contribution in [-0.4, -0.2) is 38.5 Å². The van der Waals surface area contributed by atoms with E-state index in [2.05, 4.69) is 61.7 Å². The number of fused-ring (bicyclic) bond motifs is 1. The van der Waals surface area contributed by atoms with Crippen LogP contribution in [0.3, 0.4) is 0 Å². The van der Waals surface area contributed by atoms with Crippen molar-refractivity contribution in [2.45, 2.75) is 26.2 Å². The molecule has 0 spiro atoms. The molecule has 4 aromatic rings. The van der Waals surface area contributed by atoms with Crippen molar-refractivity contribution in [3.63, 3.8) is 0 Å². The Balaban J connectivity index is 1.37. The number of hydrogen-bond acceptors (Lipinski definition) is 5. The molecule has 0 saturated carbocycles. The van der Waals surface area contributed by atoms with E-state index in [-0.39, 0.29) is 0 Å². The number of anilines is 1. The minimum absolute atomic E-state index is 0.634. The molecule has 5 rings (SSSR count). The number of hydrogen-bond donors (Lipinski definition) is 1. The minimum Gasteiger partial charge on any atom is -0.355 e. The molecular weight excluding hydrogens is 360 g/mol. The standard InChI is InChI=1S/C23H24N6/c1-16-20-13-19(9-10-21(20)27-26-16)23-25-22(14-24-28-23)29-11-5-8-18(15-29)12-17-6-3-2-4-7-17/h2-4,6-7,9-10,13-14,18H,5,8,11-12,15H2,1H3,(H,26,27). The average molecular weight is 384 g/mol. The lowest BCUT2D eigenvalue weighted by Crippen LogP contribution is -2.37. The molecule has 6 nitrogen and oxygen atoms in total. The predicted octanol–water partition coefficient (Wildman–Crippen LogP) is 4.18. The third-order valence-electron chi connectivity index (χ3n) is 5.76. The normalized spacial score (nSPS) is 17.0. The van der Waals surface area contributed by atoms with Crippen molar-refractivity contribution in [2.24, 2.45) is 5.92 Å². The summed E-state index contributed by atoms with van der Waals surface area (Å²) in [5.41, 5.74) is 4.37. The number of benzene rings is 2. The van der Waals surface area contributed by atoms with Crippen molar-refractivity contribution < 1.29 is 0 Å². The zero-order valence-electron chi connectivity index (χ0n) is 16.5. The van der Waals surface area contributed by atoms with E-state index in [1.807, 2.05) is 19.1 Å². The smallest absolute Gasteiger partial charge is 0.183 e. The Kier molecular flexibility index (Phi) is 4.68. The highest BCUT2D eigenvalue weighted by molar-refractivity contribution is 5.85. The second kappa shape index (κ2) is 7.62. The number of aromatic nitrogens is 5. The van der Waals surface area contributed by atoms with Crippen LogP contribution in [0.15, 0.2) is 54.7 Å². The van der Waals surface area contributed by atoms with Crippen LogP contribution in [0.2, 0.25) is 0 Å². The molecule has 1 fully saturated rings. The van der Waals surface area contributed by atoms with E-state index in [0.717, 1.165) is 47.5 Å². The van der Waals surface area contributed by atoms with Crippen LogP contribution in [0.5, 0.6) is 0 Å². The van der Waals surface area contributed by atoms with Gasteiger partial charge in [-0.3, -0.25) is 5.10 Å². The monoisotopic (exact) mass is 384 g/mol. The Bertz CT molecular complexity index is 1120. The molecule has 1 aliphatic heterocycles. The van der Waals surface area contributed by atoms with E-state index in [1.54, 1.807) is 6.20 Å². The zero-order valence-corrected chi connectivity index (χ0v) is 16.5. The molecule has 0 radical (unpaired) electrons. The molecule has 29 heavy (non-hydrogen) atoms. The van der Waals surface area contributed by atoms with E-state index in [4.69, 9.17) is 4.98 Å². The molecule has 1 aliphatic rings. The van der Waals surface area contributed by atoms with Gasteiger partial charge in [0.25, 0.3) is 0 Å². The van der Waals surface area contributed by atoms with E-state index in [9.17, 15) is 0 Å². The van der Waals surface area contributed by atoms with Crippen LogP contribution < -0.4 is 4.90 Å². The van der Waals surface area contributed by atoms with Crippen LogP contribution in [0.4, 0.5) is 5.82 Å². The number of rotatable bonds is 4. The van der Waals surface area contributed by atoms with Gasteiger partial charge in [-0.15, -0.1) is 5.10 Å². The van der Waals surface area contributed by atoms with E-state index < -0.39 is 0 Å². The summed E-state index contributed by atoms with van der Waals surface area (Å²) in [6, 6.07) is 16.9. The highest BCUT2D eigenvalue weighted by Crippen LogP contribution is 2.27. The highest BCUT2D eigenvalue weighted by Gasteiger charge is 2.22. The van der Waals surface area contributed by atoms with E-state index >= 15 is 0 Å². The number of aryl methyl sites for hydroxylation is 1. The van der Waals surface area contributed by atoms with Gasteiger partial charge < -0.3 is 4.90 Å². The lowest BCUT2D eigenvalue weighted by molar-refractivity contribution is 0.411. The maximum absolute atomic E-state index is 4.85. The first-order valence-corrected chi connectivity index (χ1v) is 10.2. The Morgan fingerprint density at radius 1 is 1.14 bits per heavy atom. The Labute approximate surface area is 170 Å². The summed E-state index contributed by atoms with van der Waals surface area (Å²) in [7, 11) is 0. The molecule has 146 valence electrons. The summed E-state index contributed by atoms with van der Waals surface area (Å²) >= 11 is 0. The largest absolute Gasteiger partial charge is 0.355 e. The fourth-order valence-electron chi connectivity index (χ4n) is 4.23. The van der Waals surface area contributed by atoms with Crippen LogP contribution in [0, 0.1) is 12.8 Å². The van der Waals surface area contributed by atoms with E-state index in [0.29, 0.717) is 11.7 Å². The first-order chi connectivity index (χ1) is 14.3. The van der Waals surface area contributed by atoms with Crippen molar-refractivity contribution >= 4 is 16.7 Å². The van der Waals surface area contributed by atoms with Gasteiger partial charge in [-0.25, -0.2) is 4.98 Å². The van der Waals surface area contributed by atoms with Gasteiger partial charge in [0.1, 0.15) is 0 Å². The first kappa shape index (κ1) is 17.8.